The first-order chi connectivity index (χ1) is 27.9. The molecule has 3 N–H and O–H groups in total. The summed E-state index contributed by atoms with van der Waals surface area (Å²) < 4.78 is 0. The predicted octanol–water partition coefficient (Wildman–Crippen LogP) is 8.23. The number of nitrogens with one attached hydrogen (secondary N) is 2. The van der Waals surface area contributed by atoms with Gasteiger partial charge in [-0.05, 0) is 73.0 Å². The molecular formula is C45H52N8O4S. The van der Waals surface area contributed by atoms with Gasteiger partial charge >= 0.3 is 6.09 Å². The third-order valence-corrected chi connectivity index (χ3v) is 13.5. The average molecular weight is 801 g/mol. The molecule has 3 aliphatic rings. The lowest BCUT2D eigenvalue weighted by molar-refractivity contribution is -0.138. The Labute approximate surface area is 344 Å². The third kappa shape index (κ3) is 7.65. The number of imidazole rings is 2. The number of carbonyl (C=O) groups is 3. The lowest BCUT2D eigenvalue weighted by Gasteiger charge is -2.36. The van der Waals surface area contributed by atoms with Crippen molar-refractivity contribution in [2.24, 2.45) is 5.41 Å². The van der Waals surface area contributed by atoms with Crippen molar-refractivity contribution >= 4 is 29.7 Å². The SMILES string of the molecule is CN(C)[C@@H](C(=O)N1CCC[C@H]1c1ncc(-c2ccc(-c3ccc(-c4cnc([C@@H]5CCCN5C(=O)[C@@H]5CSC(C(C)(C)C)N5C(=O)O)[nH]4)cc3)cc2)[nH]1)c1ccccc1. The summed E-state index contributed by atoms with van der Waals surface area (Å²) in [5.41, 5.74) is 6.64. The molecule has 0 spiro atoms. The summed E-state index contributed by atoms with van der Waals surface area (Å²) in [7, 11) is 3.90. The maximum atomic E-state index is 13.9. The average Bonchev–Trinajstić information content (AvgIpc) is 4.07. The van der Waals surface area contributed by atoms with Crippen LogP contribution in [0.3, 0.4) is 0 Å². The molecule has 302 valence electrons. The Morgan fingerprint density at radius 2 is 1.26 bits per heavy atom. The highest BCUT2D eigenvalue weighted by atomic mass is 32.2. The lowest BCUT2D eigenvalue weighted by atomic mass is 9.95. The number of hydrogen-bond donors (Lipinski definition) is 3. The molecule has 2 aromatic heterocycles. The van der Waals surface area contributed by atoms with Crippen molar-refractivity contribution in [1.82, 2.24) is 39.5 Å². The largest absolute Gasteiger partial charge is 0.465 e. The Morgan fingerprint density at radius 1 is 0.759 bits per heavy atom. The number of nitrogens with zero attached hydrogens (tertiary/aromatic N) is 6. The zero-order chi connectivity index (χ0) is 40.7. The van der Waals surface area contributed by atoms with Crippen LogP contribution < -0.4 is 0 Å². The van der Waals surface area contributed by atoms with E-state index < -0.39 is 12.1 Å². The minimum absolute atomic E-state index is 0.0935. The fourth-order valence-electron chi connectivity index (χ4n) is 8.86. The number of benzene rings is 3. The summed E-state index contributed by atoms with van der Waals surface area (Å²) in [4.78, 5) is 63.8. The second-order valence-corrected chi connectivity index (χ2v) is 18.0. The van der Waals surface area contributed by atoms with Crippen molar-refractivity contribution in [3.8, 4) is 33.6 Å². The van der Waals surface area contributed by atoms with E-state index in [-0.39, 0.29) is 40.7 Å². The summed E-state index contributed by atoms with van der Waals surface area (Å²) in [6.45, 7) is 7.33. The van der Waals surface area contributed by atoms with Gasteiger partial charge in [-0.1, -0.05) is 99.6 Å². The highest BCUT2D eigenvalue weighted by molar-refractivity contribution is 8.00. The van der Waals surface area contributed by atoms with Crippen LogP contribution in [0, 0.1) is 5.41 Å². The molecule has 3 fully saturated rings. The normalized spacial score (nSPS) is 21.6. The minimum atomic E-state index is -1.05. The van der Waals surface area contributed by atoms with Gasteiger partial charge in [0.25, 0.3) is 0 Å². The molecule has 13 heteroatoms. The highest BCUT2D eigenvalue weighted by Gasteiger charge is 2.49. The number of aromatic nitrogens is 4. The molecule has 58 heavy (non-hydrogen) atoms. The van der Waals surface area contributed by atoms with Crippen molar-refractivity contribution in [3.05, 3.63) is 108 Å². The quantitative estimate of drug-likeness (QED) is 0.135. The zero-order valence-electron chi connectivity index (χ0n) is 33.8. The number of thioether (sulfide) groups is 1. The molecule has 0 bridgehead atoms. The predicted molar refractivity (Wildman–Crippen MR) is 227 cm³/mol. The number of likely N-dealkylation sites (tertiary alicyclic amines) is 2. The van der Waals surface area contributed by atoms with Crippen LogP contribution in [0.1, 0.15) is 81.8 Å². The number of carbonyl (C=O) groups excluding carboxylic acids is 2. The molecule has 5 atom stereocenters. The van der Waals surface area contributed by atoms with Crippen molar-refractivity contribution in [2.75, 3.05) is 32.9 Å². The van der Waals surface area contributed by atoms with Gasteiger partial charge in [-0.2, -0.15) is 0 Å². The standard InChI is InChI=1S/C45H52N8O4S/c1-45(2,3)43-53(44(56)57)37(27-58-43)41(54)51-23-9-13-35(51)39-46-25-33(48-39)30-19-15-28(16-20-30)29-17-21-31(22-18-29)34-26-47-40(49-34)36-14-10-24-52(36)42(55)38(50(4)5)32-11-7-6-8-12-32/h6-8,11-12,15-22,25-26,35-38,43H,9-10,13-14,23-24,27H2,1-5H3,(H,46,48)(H,47,49)(H,56,57)/t35-,36-,37-,38+,43?/m0/s1. The molecule has 12 nitrogen and oxygen atoms in total. The number of carboxylic acid groups (broad SMARTS) is 1. The van der Waals surface area contributed by atoms with E-state index in [9.17, 15) is 19.5 Å². The fraction of sp³-hybridized carbons (Fsp3) is 0.400. The van der Waals surface area contributed by atoms with Gasteiger partial charge in [0, 0.05) is 18.8 Å². The molecule has 3 aliphatic heterocycles. The topological polar surface area (TPSA) is 142 Å². The molecule has 0 saturated carbocycles. The van der Waals surface area contributed by atoms with Crippen molar-refractivity contribution in [3.63, 3.8) is 0 Å². The first kappa shape index (κ1) is 39.4. The van der Waals surface area contributed by atoms with Crippen LogP contribution in [0.15, 0.2) is 91.3 Å². The van der Waals surface area contributed by atoms with Crippen LogP contribution in [0.25, 0.3) is 33.6 Å². The molecule has 8 rings (SSSR count). The molecule has 3 aromatic carbocycles. The Morgan fingerprint density at radius 3 is 1.76 bits per heavy atom. The van der Waals surface area contributed by atoms with Gasteiger partial charge in [-0.15, -0.1) is 11.8 Å². The number of rotatable bonds is 9. The second kappa shape index (κ2) is 16.1. The second-order valence-electron chi connectivity index (χ2n) is 16.9. The summed E-state index contributed by atoms with van der Waals surface area (Å²) >= 11 is 1.54. The molecule has 5 heterocycles. The number of aromatic amines is 2. The van der Waals surface area contributed by atoms with Gasteiger partial charge in [-0.25, -0.2) is 14.8 Å². The van der Waals surface area contributed by atoms with Crippen LogP contribution in [0.5, 0.6) is 0 Å². The Hall–Kier alpha value is -5.40. The van der Waals surface area contributed by atoms with Gasteiger partial charge in [0.1, 0.15) is 23.7 Å². The van der Waals surface area contributed by atoms with E-state index >= 15 is 0 Å². The summed E-state index contributed by atoms with van der Waals surface area (Å²) in [6, 6.07) is 25.3. The van der Waals surface area contributed by atoms with E-state index in [1.165, 1.54) is 4.90 Å². The number of likely N-dealkylation sites (N-methyl/N-ethyl adjacent to an activating group) is 1. The molecule has 3 saturated heterocycles. The molecule has 0 aliphatic carbocycles. The van der Waals surface area contributed by atoms with Crippen LogP contribution in [0.4, 0.5) is 4.79 Å². The third-order valence-electron chi connectivity index (χ3n) is 11.7. The molecule has 1 unspecified atom stereocenters. The smallest absolute Gasteiger partial charge is 0.408 e. The summed E-state index contributed by atoms with van der Waals surface area (Å²) in [5.74, 6) is 1.94. The molecule has 5 aromatic rings. The minimum Gasteiger partial charge on any atom is -0.465 e. The monoisotopic (exact) mass is 800 g/mol. The van der Waals surface area contributed by atoms with E-state index in [0.29, 0.717) is 18.8 Å². The van der Waals surface area contributed by atoms with E-state index in [1.54, 1.807) is 11.8 Å². The maximum absolute atomic E-state index is 13.9. The Bertz CT molecular complexity index is 2250. The first-order valence-electron chi connectivity index (χ1n) is 20.2. The van der Waals surface area contributed by atoms with Crippen LogP contribution >= 0.6 is 11.8 Å². The van der Waals surface area contributed by atoms with Crippen LogP contribution in [-0.2, 0) is 9.59 Å². The van der Waals surface area contributed by atoms with Gasteiger partial charge in [0.2, 0.25) is 11.8 Å². The fourth-order valence-corrected chi connectivity index (χ4v) is 10.4. The molecule has 0 radical (unpaired) electrons. The molecular weight excluding hydrogens is 749 g/mol. The first-order valence-corrected chi connectivity index (χ1v) is 21.2. The number of hydrogen-bond acceptors (Lipinski definition) is 7. The lowest BCUT2D eigenvalue weighted by Crippen LogP contribution is -2.52. The van der Waals surface area contributed by atoms with Gasteiger partial charge in [0.15, 0.2) is 0 Å². The molecule has 3 amide bonds. The van der Waals surface area contributed by atoms with E-state index in [0.717, 1.165) is 76.5 Å². The maximum Gasteiger partial charge on any atom is 0.408 e. The van der Waals surface area contributed by atoms with Gasteiger partial charge in [-0.3, -0.25) is 19.4 Å². The Balaban J connectivity index is 0.921. The zero-order valence-corrected chi connectivity index (χ0v) is 34.6. The number of H-pyrrole nitrogens is 2. The van der Waals surface area contributed by atoms with Crippen molar-refractivity contribution in [1.29, 1.82) is 0 Å². The van der Waals surface area contributed by atoms with Gasteiger partial charge in [0.05, 0.1) is 41.2 Å². The Kier molecular flexibility index (Phi) is 10.9. The highest BCUT2D eigenvalue weighted by Crippen LogP contribution is 2.43. The van der Waals surface area contributed by atoms with E-state index in [1.807, 2.05) is 92.3 Å². The summed E-state index contributed by atoms with van der Waals surface area (Å²) in [5, 5.41) is 9.81. The summed E-state index contributed by atoms with van der Waals surface area (Å²) in [6.07, 6.45) is 6.04. The van der Waals surface area contributed by atoms with E-state index in [4.69, 9.17) is 9.97 Å². The van der Waals surface area contributed by atoms with Crippen LogP contribution in [-0.4, -0.2) is 107 Å². The van der Waals surface area contributed by atoms with Gasteiger partial charge < -0.3 is 24.9 Å². The number of amides is 3. The van der Waals surface area contributed by atoms with Crippen molar-refractivity contribution < 1.29 is 19.5 Å². The van der Waals surface area contributed by atoms with Crippen molar-refractivity contribution in [2.45, 2.75) is 76.0 Å². The van der Waals surface area contributed by atoms with E-state index in [2.05, 4.69) is 58.5 Å². The van der Waals surface area contributed by atoms with Crippen LogP contribution in [0.2, 0.25) is 0 Å².